The van der Waals surface area contributed by atoms with Gasteiger partial charge in [0, 0.05) is 48.1 Å². The van der Waals surface area contributed by atoms with E-state index in [0.717, 1.165) is 162 Å². The Morgan fingerprint density at radius 1 is 0.146 bits per heavy atom. The first-order chi connectivity index (χ1) is 61.9. The zero-order chi connectivity index (χ0) is 84.5. The maximum atomic E-state index is 4.77. The summed E-state index contributed by atoms with van der Waals surface area (Å²) in [5, 5.41) is 3.79. The van der Waals surface area contributed by atoms with Gasteiger partial charge in [-0.15, -0.1) is 196 Å². The molecule has 20 heteroatoms. The smallest absolute Gasteiger partial charge is 0.345 e. The molecule has 0 saturated carbocycles. The van der Waals surface area contributed by atoms with E-state index in [1.165, 1.54) is 0 Å². The molecule has 0 unspecified atom stereocenters. The minimum absolute atomic E-state index is 0. The van der Waals surface area contributed by atoms with Crippen LogP contribution >= 0.6 is 58.8 Å². The van der Waals surface area contributed by atoms with Gasteiger partial charge in [0.15, 0.2) is 0 Å². The molecule has 640 valence electrons. The standard InChI is InChI=1S/5C22H14N2S.5Pt/c1-3-13-23-21(11-1)19-9-5-7-17(15-19)18-8-6-10-20(16-18)25-22-12-2-4-14-24-22;1-3-9-17(10-4-1)19-13-7-14-20(23-19)21-15-8-16-22(24-21)25-18-11-5-2-6-12-18;1-2-10-19(11-3-1)25-22-14-7-13-21(24-22)18-9-6-8-17(16-18)20-12-4-5-15-23-20;1-2-9-18(10-3-1)25-19-11-6-8-17(16-19)20-13-7-14-22(24-20)21-12-4-5-15-23-21;1-2-8-17(9-3-1)20-12-7-13-21(24-20)18-10-6-11-19(16-18)25-22-14-4-5-15-23-22;;;;;/h1-14H;1-9,11,13-16H;1-10,12-15H;1-9,11-15H;1-8,10-15H;;;;;/q5*-2;5*+2. The fraction of sp³-hybridized carbons (Fsp3) is 0. The normalized spacial score (nSPS) is 10.2. The second-order valence-corrected chi connectivity index (χ2v) is 32.2. The Morgan fingerprint density at radius 3 is 0.785 bits per heavy atom. The number of rotatable bonds is 20. The SMILES string of the molecule is [Pt+2].[Pt+2].[Pt+2].[Pt+2].[Pt+2].[c-]1c(Sc2ccccn2)cccc1-c1[c-]c(-c2ccccn2)ccc1.[c-]1ccccc1-c1cccc(-c2[c-]c(Sc3ccccn3)ccc2)n1.[c-]1ccccc1Sc1[c-]c(-c2cccc(-c3ccccn3)n2)ccc1.[c-]1ccccc1Sc1cccc(-c2[c-]c(-c3ccccn3)ccc2)n1.[c-]1ccccc1Sc1cccc(-c2cccc(-c3[c-]cccc3)n2)n1. The molecule has 0 aliphatic rings. The third-order valence-corrected chi connectivity index (χ3v) is 22.7. The van der Waals surface area contributed by atoms with Crippen LogP contribution in [0.15, 0.2) is 475 Å². The van der Waals surface area contributed by atoms with Crippen molar-refractivity contribution >= 4 is 58.8 Å². The van der Waals surface area contributed by atoms with Gasteiger partial charge in [-0.3, -0.25) is 29.9 Å². The number of hydrogen-bond donors (Lipinski definition) is 0. The molecule has 20 aromatic rings. The van der Waals surface area contributed by atoms with Crippen molar-refractivity contribution in [2.75, 3.05) is 0 Å². The van der Waals surface area contributed by atoms with Crippen molar-refractivity contribution in [1.29, 1.82) is 0 Å². The summed E-state index contributed by atoms with van der Waals surface area (Å²) in [6.07, 6.45) is 8.97. The van der Waals surface area contributed by atoms with E-state index < -0.39 is 0 Å². The second-order valence-electron chi connectivity index (χ2n) is 26.9. The van der Waals surface area contributed by atoms with Crippen LogP contribution in [0, 0.1) is 60.7 Å². The summed E-state index contributed by atoms with van der Waals surface area (Å²) in [5.74, 6) is 0. The van der Waals surface area contributed by atoms with Crippen LogP contribution in [0.1, 0.15) is 0 Å². The molecule has 10 nitrogen and oxygen atoms in total. The summed E-state index contributed by atoms with van der Waals surface area (Å²) in [6.45, 7) is 0. The van der Waals surface area contributed by atoms with Gasteiger partial charge in [0.1, 0.15) is 0 Å². The summed E-state index contributed by atoms with van der Waals surface area (Å²) in [7, 11) is 0. The molecule has 10 aromatic carbocycles. The van der Waals surface area contributed by atoms with E-state index in [1.54, 1.807) is 89.8 Å². The minimum Gasteiger partial charge on any atom is -0.345 e. The van der Waals surface area contributed by atoms with Gasteiger partial charge in [0.2, 0.25) is 0 Å². The maximum absolute atomic E-state index is 4.77. The van der Waals surface area contributed by atoms with Crippen LogP contribution in [0.25, 0.3) is 113 Å². The van der Waals surface area contributed by atoms with E-state index in [2.05, 4.69) is 97.7 Å². The first kappa shape index (κ1) is 99.5. The molecule has 130 heavy (non-hydrogen) atoms. The Labute approximate surface area is 852 Å². The monoisotopic (exact) mass is 2670 g/mol. The van der Waals surface area contributed by atoms with Gasteiger partial charge >= 0.3 is 105 Å². The maximum Gasteiger partial charge on any atom is 2.00 e. The Morgan fingerprint density at radius 2 is 0.385 bits per heavy atom. The molecule has 0 saturated heterocycles. The first-order valence-corrected chi connectivity index (χ1v) is 43.8. The summed E-state index contributed by atoms with van der Waals surface area (Å²) >= 11 is 8.05. The number of nitrogens with zero attached hydrogens (tertiary/aromatic N) is 10. The zero-order valence-corrected chi connectivity index (χ0v) is 84.0. The van der Waals surface area contributed by atoms with Crippen molar-refractivity contribution < 1.29 is 105 Å². The zero-order valence-electron chi connectivity index (χ0n) is 68.5. The van der Waals surface area contributed by atoms with E-state index >= 15 is 0 Å². The molecule has 10 heterocycles. The molecular weight excluding hydrogens is 2600 g/mol. The Balaban J connectivity index is 0.000000156. The van der Waals surface area contributed by atoms with E-state index in [0.29, 0.717) is 0 Å². The number of pyridine rings is 10. The number of hydrogen-bond acceptors (Lipinski definition) is 15. The molecule has 0 fully saturated rings. The van der Waals surface area contributed by atoms with Gasteiger partial charge in [-0.25, -0.2) is 20.5 Å². The Hall–Kier alpha value is -11.1. The average molecular weight is 2670 g/mol. The predicted octanol–water partition coefficient (Wildman–Crippen LogP) is 27.8. The van der Waals surface area contributed by atoms with Crippen LogP contribution in [0.3, 0.4) is 0 Å². The molecule has 10 aromatic heterocycles. The molecule has 0 bridgehead atoms. The summed E-state index contributed by atoms with van der Waals surface area (Å²) in [4.78, 5) is 52.0. The van der Waals surface area contributed by atoms with Crippen LogP contribution in [-0.4, -0.2) is 49.8 Å². The Kier molecular flexibility index (Phi) is 40.8. The van der Waals surface area contributed by atoms with Crippen molar-refractivity contribution in [3.05, 3.63) is 486 Å². The third kappa shape index (κ3) is 30.0. The van der Waals surface area contributed by atoms with Crippen molar-refractivity contribution in [2.24, 2.45) is 0 Å². The van der Waals surface area contributed by atoms with Crippen LogP contribution in [0.5, 0.6) is 0 Å². The number of aromatic nitrogens is 10. The van der Waals surface area contributed by atoms with E-state index in [4.69, 9.17) is 24.9 Å². The second kappa shape index (κ2) is 53.3. The fourth-order valence-corrected chi connectivity index (χ4v) is 16.3. The molecule has 0 aliphatic carbocycles. The summed E-state index contributed by atoms with van der Waals surface area (Å²) < 4.78 is 0. The van der Waals surface area contributed by atoms with Crippen molar-refractivity contribution in [3.8, 4) is 113 Å². The minimum atomic E-state index is 0. The molecule has 0 N–H and O–H groups in total. The van der Waals surface area contributed by atoms with Crippen molar-refractivity contribution in [3.63, 3.8) is 0 Å². The molecule has 20 rings (SSSR count). The van der Waals surface area contributed by atoms with Gasteiger partial charge in [-0.2, -0.15) is 127 Å². The Bertz CT molecular complexity index is 5830. The first-order valence-electron chi connectivity index (χ1n) is 39.7. The van der Waals surface area contributed by atoms with E-state index in [9.17, 15) is 0 Å². The van der Waals surface area contributed by atoms with E-state index in [-0.39, 0.29) is 105 Å². The van der Waals surface area contributed by atoms with Crippen LogP contribution in [0.4, 0.5) is 0 Å². The molecular formula is C110H70N10Pt5S5. The van der Waals surface area contributed by atoms with Crippen molar-refractivity contribution in [1.82, 2.24) is 49.8 Å². The van der Waals surface area contributed by atoms with Gasteiger partial charge in [0.05, 0.1) is 42.9 Å². The van der Waals surface area contributed by atoms with E-state index in [1.807, 2.05) is 382 Å². The molecule has 0 aliphatic heterocycles. The van der Waals surface area contributed by atoms with Crippen molar-refractivity contribution in [2.45, 2.75) is 49.5 Å². The topological polar surface area (TPSA) is 129 Å². The molecule has 0 radical (unpaired) electrons. The van der Waals surface area contributed by atoms with Gasteiger partial charge in [0.25, 0.3) is 0 Å². The fourth-order valence-electron chi connectivity index (χ4n) is 12.3. The average Bonchev–Trinajstić information content (AvgIpc) is 0.842. The van der Waals surface area contributed by atoms with Crippen LogP contribution in [0.2, 0.25) is 0 Å². The van der Waals surface area contributed by atoms with Gasteiger partial charge < -0.3 is 4.98 Å². The third-order valence-electron chi connectivity index (χ3n) is 18.1. The summed E-state index contributed by atoms with van der Waals surface area (Å²) in [6, 6.07) is 163. The van der Waals surface area contributed by atoms with Gasteiger partial charge in [-0.05, 0) is 102 Å². The van der Waals surface area contributed by atoms with Crippen LogP contribution < -0.4 is 0 Å². The van der Waals surface area contributed by atoms with Gasteiger partial charge in [-0.1, -0.05) is 186 Å². The molecule has 0 atom stereocenters. The number of benzene rings is 10. The molecule has 0 amide bonds. The largest absolute Gasteiger partial charge is 2.00 e. The quantitative estimate of drug-likeness (QED) is 0.0671. The molecule has 0 spiro atoms. The summed E-state index contributed by atoms with van der Waals surface area (Å²) in [5.41, 5.74) is 18.6. The van der Waals surface area contributed by atoms with Crippen LogP contribution in [-0.2, 0) is 105 Å². The predicted molar refractivity (Wildman–Crippen MR) is 506 cm³/mol.